The Balaban J connectivity index is 2.06. The van der Waals surface area contributed by atoms with Crippen LogP contribution in [-0.2, 0) is 4.74 Å². The minimum absolute atomic E-state index is 0.0283. The lowest BCUT2D eigenvalue weighted by Gasteiger charge is -2.16. The molecule has 0 amide bonds. The number of esters is 1. The SMILES string of the molecule is COc1ccc(N)c(C(=O)OC2CCCCCC2)c1. The molecule has 0 bridgehead atoms. The van der Waals surface area contributed by atoms with E-state index in [0.29, 0.717) is 17.0 Å². The number of nitrogens with two attached hydrogens (primary N) is 1. The molecular weight excluding hydrogens is 242 g/mol. The number of anilines is 1. The van der Waals surface area contributed by atoms with Crippen LogP contribution < -0.4 is 10.5 Å². The summed E-state index contributed by atoms with van der Waals surface area (Å²) >= 11 is 0. The van der Waals surface area contributed by atoms with Crippen LogP contribution in [-0.4, -0.2) is 19.2 Å². The second-order valence-electron chi connectivity index (χ2n) is 4.97. The Morgan fingerprint density at radius 1 is 1.21 bits per heavy atom. The van der Waals surface area contributed by atoms with Crippen LogP contribution in [0.2, 0.25) is 0 Å². The van der Waals surface area contributed by atoms with Crippen molar-refractivity contribution in [1.82, 2.24) is 0 Å². The Kier molecular flexibility index (Phi) is 4.66. The number of hydrogen-bond donors (Lipinski definition) is 1. The largest absolute Gasteiger partial charge is 0.497 e. The van der Waals surface area contributed by atoms with E-state index < -0.39 is 0 Å². The Morgan fingerprint density at radius 3 is 2.53 bits per heavy atom. The summed E-state index contributed by atoms with van der Waals surface area (Å²) in [5, 5.41) is 0. The van der Waals surface area contributed by atoms with E-state index in [2.05, 4.69) is 0 Å². The molecular formula is C15H21NO3. The van der Waals surface area contributed by atoms with Gasteiger partial charge in [-0.15, -0.1) is 0 Å². The van der Waals surface area contributed by atoms with Crippen LogP contribution in [0.25, 0.3) is 0 Å². The number of hydrogen-bond acceptors (Lipinski definition) is 4. The zero-order valence-electron chi connectivity index (χ0n) is 11.4. The molecule has 4 nitrogen and oxygen atoms in total. The molecule has 0 unspecified atom stereocenters. The first kappa shape index (κ1) is 13.7. The van der Waals surface area contributed by atoms with Crippen LogP contribution in [0, 0.1) is 0 Å². The van der Waals surface area contributed by atoms with Gasteiger partial charge in [0.05, 0.1) is 12.7 Å². The first-order chi connectivity index (χ1) is 9.20. The molecule has 2 N–H and O–H groups in total. The van der Waals surface area contributed by atoms with Crippen molar-refractivity contribution in [2.24, 2.45) is 0 Å². The number of nitrogen functional groups attached to an aromatic ring is 1. The molecule has 0 atom stereocenters. The van der Waals surface area contributed by atoms with Gasteiger partial charge in [0, 0.05) is 5.69 Å². The van der Waals surface area contributed by atoms with Gasteiger partial charge in [0.2, 0.25) is 0 Å². The molecule has 0 radical (unpaired) electrons. The summed E-state index contributed by atoms with van der Waals surface area (Å²) in [6, 6.07) is 5.04. The van der Waals surface area contributed by atoms with E-state index in [9.17, 15) is 4.79 Å². The molecule has 1 aliphatic carbocycles. The molecule has 19 heavy (non-hydrogen) atoms. The zero-order valence-corrected chi connectivity index (χ0v) is 11.4. The molecule has 0 heterocycles. The summed E-state index contributed by atoms with van der Waals surface area (Å²) in [6.45, 7) is 0. The van der Waals surface area contributed by atoms with Crippen LogP contribution in [0.5, 0.6) is 5.75 Å². The van der Waals surface area contributed by atoms with E-state index in [-0.39, 0.29) is 12.1 Å². The van der Waals surface area contributed by atoms with Crippen LogP contribution in [0.1, 0.15) is 48.9 Å². The number of benzene rings is 1. The third-order valence-electron chi connectivity index (χ3n) is 3.56. The van der Waals surface area contributed by atoms with E-state index >= 15 is 0 Å². The molecule has 1 aliphatic rings. The van der Waals surface area contributed by atoms with Crippen LogP contribution in [0.4, 0.5) is 5.69 Å². The highest BCUT2D eigenvalue weighted by Crippen LogP contribution is 2.24. The van der Waals surface area contributed by atoms with E-state index in [1.807, 2.05) is 0 Å². The summed E-state index contributed by atoms with van der Waals surface area (Å²) in [5.74, 6) is 0.269. The molecule has 104 valence electrons. The van der Waals surface area contributed by atoms with E-state index in [4.69, 9.17) is 15.2 Å². The fraction of sp³-hybridized carbons (Fsp3) is 0.533. The van der Waals surface area contributed by atoms with Gasteiger partial charge in [-0.1, -0.05) is 12.8 Å². The molecule has 0 spiro atoms. The summed E-state index contributed by atoms with van der Waals surface area (Å²) in [4.78, 5) is 12.2. The highest BCUT2D eigenvalue weighted by Gasteiger charge is 2.19. The highest BCUT2D eigenvalue weighted by molar-refractivity contribution is 5.95. The Bertz CT molecular complexity index is 437. The van der Waals surface area contributed by atoms with Gasteiger partial charge >= 0.3 is 5.97 Å². The third kappa shape index (κ3) is 3.63. The minimum atomic E-state index is -0.344. The topological polar surface area (TPSA) is 61.5 Å². The second kappa shape index (κ2) is 6.45. The van der Waals surface area contributed by atoms with Crippen LogP contribution in [0.15, 0.2) is 18.2 Å². The van der Waals surface area contributed by atoms with E-state index in [1.165, 1.54) is 12.8 Å². The van der Waals surface area contributed by atoms with Crippen molar-refractivity contribution in [3.8, 4) is 5.75 Å². The lowest BCUT2D eigenvalue weighted by atomic mass is 10.1. The maximum atomic E-state index is 12.2. The molecule has 2 rings (SSSR count). The molecule has 1 aromatic carbocycles. The average Bonchev–Trinajstić information content (AvgIpc) is 2.68. The third-order valence-corrected chi connectivity index (χ3v) is 3.56. The predicted molar refractivity (Wildman–Crippen MR) is 74.3 cm³/mol. The Hall–Kier alpha value is -1.71. The number of carbonyl (C=O) groups is 1. The predicted octanol–water partition coefficient (Wildman–Crippen LogP) is 3.16. The van der Waals surface area contributed by atoms with Crippen LogP contribution in [0.3, 0.4) is 0 Å². The molecule has 1 aromatic rings. The number of carbonyl (C=O) groups excluding carboxylic acids is 1. The van der Waals surface area contributed by atoms with Gasteiger partial charge < -0.3 is 15.2 Å². The summed E-state index contributed by atoms with van der Waals surface area (Å²) < 4.78 is 10.7. The van der Waals surface area contributed by atoms with Gasteiger partial charge in [-0.3, -0.25) is 0 Å². The van der Waals surface area contributed by atoms with Gasteiger partial charge in [-0.2, -0.15) is 0 Å². The van der Waals surface area contributed by atoms with Gasteiger partial charge in [-0.25, -0.2) is 4.79 Å². The fourth-order valence-corrected chi connectivity index (χ4v) is 2.41. The minimum Gasteiger partial charge on any atom is -0.497 e. The second-order valence-corrected chi connectivity index (χ2v) is 4.97. The Morgan fingerprint density at radius 2 is 1.89 bits per heavy atom. The maximum Gasteiger partial charge on any atom is 0.340 e. The molecule has 0 aromatic heterocycles. The molecule has 0 saturated heterocycles. The van der Waals surface area contributed by atoms with Gasteiger partial charge in [0.25, 0.3) is 0 Å². The van der Waals surface area contributed by atoms with E-state index in [0.717, 1.165) is 25.7 Å². The van der Waals surface area contributed by atoms with Crippen molar-refractivity contribution >= 4 is 11.7 Å². The van der Waals surface area contributed by atoms with Crippen molar-refractivity contribution in [1.29, 1.82) is 0 Å². The molecule has 1 saturated carbocycles. The number of methoxy groups -OCH3 is 1. The average molecular weight is 263 g/mol. The van der Waals surface area contributed by atoms with Crippen LogP contribution >= 0.6 is 0 Å². The van der Waals surface area contributed by atoms with Crippen molar-refractivity contribution in [2.75, 3.05) is 12.8 Å². The first-order valence-electron chi connectivity index (χ1n) is 6.85. The van der Waals surface area contributed by atoms with Crippen molar-refractivity contribution in [3.63, 3.8) is 0 Å². The Labute approximate surface area is 113 Å². The quantitative estimate of drug-likeness (QED) is 0.517. The van der Waals surface area contributed by atoms with Crippen molar-refractivity contribution in [3.05, 3.63) is 23.8 Å². The lowest BCUT2D eigenvalue weighted by molar-refractivity contribution is 0.0268. The number of ether oxygens (including phenoxy) is 2. The number of rotatable bonds is 3. The van der Waals surface area contributed by atoms with Gasteiger partial charge in [0.1, 0.15) is 11.9 Å². The zero-order chi connectivity index (χ0) is 13.7. The summed E-state index contributed by atoms with van der Waals surface area (Å²) in [7, 11) is 1.56. The monoisotopic (exact) mass is 263 g/mol. The fourth-order valence-electron chi connectivity index (χ4n) is 2.41. The summed E-state index contributed by atoms with van der Waals surface area (Å²) in [5.41, 5.74) is 6.65. The molecule has 0 aliphatic heterocycles. The summed E-state index contributed by atoms with van der Waals surface area (Å²) in [6.07, 6.45) is 6.66. The first-order valence-corrected chi connectivity index (χ1v) is 6.85. The van der Waals surface area contributed by atoms with Crippen molar-refractivity contribution in [2.45, 2.75) is 44.6 Å². The smallest absolute Gasteiger partial charge is 0.340 e. The molecule has 1 fully saturated rings. The van der Waals surface area contributed by atoms with E-state index in [1.54, 1.807) is 25.3 Å². The molecule has 4 heteroatoms. The maximum absolute atomic E-state index is 12.2. The highest BCUT2D eigenvalue weighted by atomic mass is 16.5. The standard InChI is InChI=1S/C15H21NO3/c1-18-12-8-9-14(16)13(10-12)15(17)19-11-6-4-2-3-5-7-11/h8-11H,2-7,16H2,1H3. The van der Waals surface area contributed by atoms with Gasteiger partial charge in [-0.05, 0) is 43.9 Å². The van der Waals surface area contributed by atoms with Gasteiger partial charge in [0.15, 0.2) is 0 Å². The normalized spacial score (nSPS) is 16.7. The van der Waals surface area contributed by atoms with Crippen molar-refractivity contribution < 1.29 is 14.3 Å². The lowest BCUT2D eigenvalue weighted by Crippen LogP contribution is -2.18.